The molecule has 3 rings (SSSR count). The minimum atomic E-state index is -0.429. The largest absolute Gasteiger partial charge is 0.497 e. The molecule has 0 bridgehead atoms. The second kappa shape index (κ2) is 7.00. The van der Waals surface area contributed by atoms with E-state index in [1.165, 1.54) is 0 Å². The normalized spacial score (nSPS) is 10.5. The number of ether oxygens (including phenoxy) is 2. The Bertz CT molecular complexity index is 864. The molecule has 0 atom stereocenters. The number of carbonyl (C=O) groups excluding carboxylic acids is 2. The van der Waals surface area contributed by atoms with Gasteiger partial charge in [-0.15, -0.1) is 0 Å². The summed E-state index contributed by atoms with van der Waals surface area (Å²) in [5, 5.41) is 0.982. The van der Waals surface area contributed by atoms with Crippen molar-refractivity contribution in [1.29, 1.82) is 0 Å². The first kappa shape index (κ1) is 15.8. The minimum absolute atomic E-state index is 0.125. The summed E-state index contributed by atoms with van der Waals surface area (Å²) >= 11 is 0. The Labute approximate surface area is 139 Å². The zero-order chi connectivity index (χ0) is 16.9. The van der Waals surface area contributed by atoms with E-state index in [1.807, 2.05) is 24.3 Å². The first-order valence-corrected chi connectivity index (χ1v) is 7.55. The standard InChI is InChI=1S/C19H17NO4/c1-23-15-8-6-13(7-9-15)18(21)12-24-19(22)10-14-11-20-17-5-3-2-4-16(14)17/h2-9,11,20H,10,12H2,1H3. The van der Waals surface area contributed by atoms with Gasteiger partial charge in [-0.05, 0) is 35.9 Å². The van der Waals surface area contributed by atoms with Crippen molar-refractivity contribution in [2.45, 2.75) is 6.42 Å². The number of para-hydroxylation sites is 1. The molecule has 5 heteroatoms. The maximum absolute atomic E-state index is 12.0. The summed E-state index contributed by atoms with van der Waals surface area (Å²) in [7, 11) is 1.56. The van der Waals surface area contributed by atoms with Gasteiger partial charge in [0.25, 0.3) is 0 Å². The van der Waals surface area contributed by atoms with Crippen molar-refractivity contribution in [1.82, 2.24) is 4.98 Å². The summed E-state index contributed by atoms with van der Waals surface area (Å²) in [5.41, 5.74) is 2.30. The minimum Gasteiger partial charge on any atom is -0.497 e. The highest BCUT2D eigenvalue weighted by Crippen LogP contribution is 2.18. The van der Waals surface area contributed by atoms with Gasteiger partial charge in [0.2, 0.25) is 0 Å². The molecule has 1 N–H and O–H groups in total. The quantitative estimate of drug-likeness (QED) is 0.559. The van der Waals surface area contributed by atoms with Crippen molar-refractivity contribution < 1.29 is 19.1 Å². The molecule has 1 heterocycles. The van der Waals surface area contributed by atoms with Crippen LogP contribution in [0.3, 0.4) is 0 Å². The van der Waals surface area contributed by atoms with Crippen molar-refractivity contribution in [3.05, 3.63) is 65.9 Å². The molecule has 0 aliphatic rings. The number of carbonyl (C=O) groups is 2. The van der Waals surface area contributed by atoms with Crippen LogP contribution >= 0.6 is 0 Å². The van der Waals surface area contributed by atoms with Gasteiger partial charge >= 0.3 is 5.97 Å². The Hall–Kier alpha value is -3.08. The van der Waals surface area contributed by atoms with Crippen LogP contribution in [-0.4, -0.2) is 30.5 Å². The number of fused-ring (bicyclic) bond motifs is 1. The van der Waals surface area contributed by atoms with Crippen LogP contribution in [0.2, 0.25) is 0 Å². The summed E-state index contributed by atoms with van der Waals surface area (Å²) in [4.78, 5) is 27.1. The molecule has 24 heavy (non-hydrogen) atoms. The number of nitrogens with one attached hydrogen (secondary N) is 1. The average molecular weight is 323 g/mol. The number of hydrogen-bond donors (Lipinski definition) is 1. The lowest BCUT2D eigenvalue weighted by Crippen LogP contribution is -2.15. The zero-order valence-electron chi connectivity index (χ0n) is 13.2. The maximum atomic E-state index is 12.0. The number of esters is 1. The van der Waals surface area contributed by atoms with Gasteiger partial charge < -0.3 is 14.5 Å². The summed E-state index contributed by atoms with van der Waals surface area (Å²) in [5.74, 6) is -0.00516. The summed E-state index contributed by atoms with van der Waals surface area (Å²) in [6.45, 7) is -0.270. The van der Waals surface area contributed by atoms with E-state index in [2.05, 4.69) is 4.98 Å². The molecule has 0 unspecified atom stereocenters. The first-order chi connectivity index (χ1) is 11.7. The molecular weight excluding hydrogens is 306 g/mol. The highest BCUT2D eigenvalue weighted by molar-refractivity contribution is 5.98. The van der Waals surface area contributed by atoms with E-state index in [4.69, 9.17) is 9.47 Å². The third-order valence-electron chi connectivity index (χ3n) is 3.79. The lowest BCUT2D eigenvalue weighted by atomic mass is 10.1. The Balaban J connectivity index is 1.57. The Morgan fingerprint density at radius 2 is 1.79 bits per heavy atom. The molecule has 3 aromatic rings. The average Bonchev–Trinajstić information content (AvgIpc) is 3.03. The number of Topliss-reactive ketones (excluding diaryl/α,β-unsaturated/α-hetero) is 1. The number of ketones is 1. The first-order valence-electron chi connectivity index (χ1n) is 7.55. The molecule has 122 valence electrons. The number of benzene rings is 2. The molecule has 5 nitrogen and oxygen atoms in total. The molecular formula is C19H17NO4. The lowest BCUT2D eigenvalue weighted by Gasteiger charge is -2.05. The smallest absolute Gasteiger partial charge is 0.310 e. The van der Waals surface area contributed by atoms with Crippen LogP contribution < -0.4 is 4.74 Å². The summed E-state index contributed by atoms with van der Waals surface area (Å²) in [6.07, 6.45) is 1.91. The number of rotatable bonds is 6. The molecule has 0 radical (unpaired) electrons. The van der Waals surface area contributed by atoms with E-state index in [-0.39, 0.29) is 18.8 Å². The van der Waals surface area contributed by atoms with E-state index in [0.29, 0.717) is 11.3 Å². The van der Waals surface area contributed by atoms with Gasteiger partial charge in [0.1, 0.15) is 5.75 Å². The van der Waals surface area contributed by atoms with Gasteiger partial charge in [-0.25, -0.2) is 0 Å². The van der Waals surface area contributed by atoms with Crippen molar-refractivity contribution in [2.75, 3.05) is 13.7 Å². The topological polar surface area (TPSA) is 68.4 Å². The van der Waals surface area contributed by atoms with Gasteiger partial charge in [0, 0.05) is 22.7 Å². The Morgan fingerprint density at radius 3 is 2.54 bits per heavy atom. The fourth-order valence-corrected chi connectivity index (χ4v) is 2.49. The van der Waals surface area contributed by atoms with Crippen LogP contribution in [0.1, 0.15) is 15.9 Å². The van der Waals surface area contributed by atoms with Crippen molar-refractivity contribution >= 4 is 22.7 Å². The monoisotopic (exact) mass is 323 g/mol. The molecule has 0 fully saturated rings. The molecule has 0 aliphatic carbocycles. The van der Waals surface area contributed by atoms with Crippen LogP contribution in [0, 0.1) is 0 Å². The third kappa shape index (κ3) is 3.46. The predicted octanol–water partition coefficient (Wildman–Crippen LogP) is 3.15. The number of aromatic nitrogens is 1. The number of hydrogen-bond acceptors (Lipinski definition) is 4. The maximum Gasteiger partial charge on any atom is 0.310 e. The second-order valence-electron chi connectivity index (χ2n) is 5.35. The SMILES string of the molecule is COc1ccc(C(=O)COC(=O)Cc2c[nH]c3ccccc23)cc1. The molecule has 0 saturated carbocycles. The second-order valence-corrected chi connectivity index (χ2v) is 5.35. The van der Waals surface area contributed by atoms with Crippen molar-refractivity contribution in [2.24, 2.45) is 0 Å². The van der Waals surface area contributed by atoms with E-state index in [9.17, 15) is 9.59 Å². The molecule has 2 aromatic carbocycles. The predicted molar refractivity (Wildman–Crippen MR) is 90.3 cm³/mol. The fraction of sp³-hybridized carbons (Fsp3) is 0.158. The van der Waals surface area contributed by atoms with Gasteiger partial charge in [0.05, 0.1) is 13.5 Å². The van der Waals surface area contributed by atoms with Gasteiger partial charge in [-0.3, -0.25) is 9.59 Å². The van der Waals surface area contributed by atoms with Crippen LogP contribution in [0.15, 0.2) is 54.7 Å². The number of methoxy groups -OCH3 is 1. The van der Waals surface area contributed by atoms with Gasteiger partial charge in [-0.1, -0.05) is 18.2 Å². The molecule has 1 aromatic heterocycles. The zero-order valence-corrected chi connectivity index (χ0v) is 13.2. The van der Waals surface area contributed by atoms with Gasteiger partial charge in [-0.2, -0.15) is 0 Å². The molecule has 0 saturated heterocycles. The van der Waals surface area contributed by atoms with E-state index in [0.717, 1.165) is 16.5 Å². The van der Waals surface area contributed by atoms with E-state index >= 15 is 0 Å². The highest BCUT2D eigenvalue weighted by Gasteiger charge is 2.13. The van der Waals surface area contributed by atoms with Gasteiger partial charge in [0.15, 0.2) is 12.4 Å². The van der Waals surface area contributed by atoms with Crippen molar-refractivity contribution in [3.8, 4) is 5.75 Å². The number of aromatic amines is 1. The fourth-order valence-electron chi connectivity index (χ4n) is 2.49. The lowest BCUT2D eigenvalue weighted by molar-refractivity contribution is -0.141. The third-order valence-corrected chi connectivity index (χ3v) is 3.79. The highest BCUT2D eigenvalue weighted by atomic mass is 16.5. The summed E-state index contributed by atoms with van der Waals surface area (Å²) < 4.78 is 10.1. The van der Waals surface area contributed by atoms with Crippen LogP contribution in [0.5, 0.6) is 5.75 Å². The molecule has 0 amide bonds. The van der Waals surface area contributed by atoms with Crippen LogP contribution in [-0.2, 0) is 16.0 Å². The van der Waals surface area contributed by atoms with Crippen LogP contribution in [0.25, 0.3) is 10.9 Å². The van der Waals surface area contributed by atoms with E-state index < -0.39 is 5.97 Å². The van der Waals surface area contributed by atoms with Crippen molar-refractivity contribution in [3.63, 3.8) is 0 Å². The Morgan fingerprint density at radius 1 is 1.04 bits per heavy atom. The molecule has 0 spiro atoms. The van der Waals surface area contributed by atoms with E-state index in [1.54, 1.807) is 37.6 Å². The Kier molecular flexibility index (Phi) is 4.61. The van der Waals surface area contributed by atoms with Crippen LogP contribution in [0.4, 0.5) is 0 Å². The molecule has 0 aliphatic heterocycles. The number of H-pyrrole nitrogens is 1. The summed E-state index contributed by atoms with van der Waals surface area (Å²) in [6, 6.07) is 14.4.